The van der Waals surface area contributed by atoms with Crippen LogP contribution >= 0.6 is 23.2 Å². The smallest absolute Gasteiger partial charge is 0.124 e. The van der Waals surface area contributed by atoms with Crippen molar-refractivity contribution in [2.75, 3.05) is 5.32 Å². The lowest BCUT2D eigenvalue weighted by Gasteiger charge is -2.10. The molecule has 5 heteroatoms. The number of halogens is 2. The van der Waals surface area contributed by atoms with Crippen LogP contribution in [0.3, 0.4) is 0 Å². The Morgan fingerprint density at radius 3 is 2.50 bits per heavy atom. The summed E-state index contributed by atoms with van der Waals surface area (Å²) >= 11 is 11.9. The van der Waals surface area contributed by atoms with Crippen molar-refractivity contribution >= 4 is 28.9 Å². The third-order valence-corrected chi connectivity index (χ3v) is 3.03. The first-order chi connectivity index (χ1) is 8.56. The predicted molar refractivity (Wildman–Crippen MR) is 73.6 cm³/mol. The van der Waals surface area contributed by atoms with Crippen molar-refractivity contribution in [1.82, 2.24) is 0 Å². The molecule has 2 rings (SSSR count). The van der Waals surface area contributed by atoms with E-state index < -0.39 is 0 Å². The molecular formula is C13H11Cl2NO2. The third kappa shape index (κ3) is 3.00. The highest BCUT2D eigenvalue weighted by Crippen LogP contribution is 2.28. The first kappa shape index (κ1) is 12.9. The number of phenols is 2. The second-order valence-electron chi connectivity index (χ2n) is 3.79. The second-order valence-corrected chi connectivity index (χ2v) is 4.63. The number of aromatic hydroxyl groups is 2. The summed E-state index contributed by atoms with van der Waals surface area (Å²) in [6.45, 7) is 0.381. The van der Waals surface area contributed by atoms with E-state index in [9.17, 15) is 10.2 Å². The molecule has 0 aliphatic rings. The normalized spacial score (nSPS) is 10.3. The quantitative estimate of drug-likeness (QED) is 0.798. The molecule has 0 fully saturated rings. The minimum absolute atomic E-state index is 0.0250. The SMILES string of the molecule is Oc1ccc(CNc2cc(Cl)ccc2Cl)c(O)c1. The second kappa shape index (κ2) is 5.38. The summed E-state index contributed by atoms with van der Waals surface area (Å²) in [6.07, 6.45) is 0. The zero-order valence-corrected chi connectivity index (χ0v) is 10.8. The van der Waals surface area contributed by atoms with Gasteiger partial charge in [-0.05, 0) is 30.3 Å². The Labute approximate surface area is 115 Å². The monoisotopic (exact) mass is 283 g/mol. The molecule has 18 heavy (non-hydrogen) atoms. The van der Waals surface area contributed by atoms with E-state index in [2.05, 4.69) is 5.32 Å². The molecule has 0 spiro atoms. The fourth-order valence-corrected chi connectivity index (χ4v) is 1.88. The lowest BCUT2D eigenvalue weighted by molar-refractivity contribution is 0.446. The fraction of sp³-hybridized carbons (Fsp3) is 0.0769. The topological polar surface area (TPSA) is 52.5 Å². The van der Waals surface area contributed by atoms with Gasteiger partial charge in [-0.3, -0.25) is 0 Å². The standard InChI is InChI=1S/C13H11Cl2NO2/c14-9-2-4-11(15)12(5-9)16-7-8-1-3-10(17)6-13(8)18/h1-6,16-18H,7H2. The number of anilines is 1. The van der Waals surface area contributed by atoms with E-state index in [4.69, 9.17) is 23.2 Å². The minimum atomic E-state index is 0.0250. The molecular weight excluding hydrogens is 273 g/mol. The van der Waals surface area contributed by atoms with Gasteiger partial charge in [0.05, 0.1) is 10.7 Å². The van der Waals surface area contributed by atoms with Gasteiger partial charge in [0.25, 0.3) is 0 Å². The van der Waals surface area contributed by atoms with E-state index in [0.717, 1.165) is 0 Å². The summed E-state index contributed by atoms with van der Waals surface area (Å²) in [4.78, 5) is 0. The largest absolute Gasteiger partial charge is 0.508 e. The molecule has 0 aliphatic carbocycles. The highest BCUT2D eigenvalue weighted by Gasteiger charge is 2.04. The lowest BCUT2D eigenvalue weighted by atomic mass is 10.2. The van der Waals surface area contributed by atoms with Crippen molar-refractivity contribution < 1.29 is 10.2 Å². The molecule has 3 N–H and O–H groups in total. The van der Waals surface area contributed by atoms with Gasteiger partial charge in [0.15, 0.2) is 0 Å². The summed E-state index contributed by atoms with van der Waals surface area (Å²) < 4.78 is 0. The first-order valence-electron chi connectivity index (χ1n) is 5.26. The average Bonchev–Trinajstić information content (AvgIpc) is 2.32. The van der Waals surface area contributed by atoms with Gasteiger partial charge >= 0.3 is 0 Å². The Balaban J connectivity index is 2.13. The molecule has 0 unspecified atom stereocenters. The van der Waals surface area contributed by atoms with Gasteiger partial charge in [-0.15, -0.1) is 0 Å². The Kier molecular flexibility index (Phi) is 3.84. The summed E-state index contributed by atoms with van der Waals surface area (Å²) in [6, 6.07) is 9.54. The van der Waals surface area contributed by atoms with Crippen molar-refractivity contribution in [2.45, 2.75) is 6.54 Å². The molecule has 0 aliphatic heterocycles. The van der Waals surface area contributed by atoms with Crippen LogP contribution in [0.5, 0.6) is 11.5 Å². The number of hydrogen-bond donors (Lipinski definition) is 3. The predicted octanol–water partition coefficient (Wildman–Crippen LogP) is 4.02. The van der Waals surface area contributed by atoms with E-state index in [-0.39, 0.29) is 11.5 Å². The minimum Gasteiger partial charge on any atom is -0.508 e. The van der Waals surface area contributed by atoms with Crippen molar-refractivity contribution in [3.05, 3.63) is 52.0 Å². The molecule has 0 radical (unpaired) electrons. The highest BCUT2D eigenvalue weighted by atomic mass is 35.5. The van der Waals surface area contributed by atoms with Gasteiger partial charge in [0, 0.05) is 23.2 Å². The number of rotatable bonds is 3. The van der Waals surface area contributed by atoms with E-state index in [0.29, 0.717) is 27.8 Å². The zero-order chi connectivity index (χ0) is 13.1. The van der Waals surface area contributed by atoms with Crippen LogP contribution in [0.15, 0.2) is 36.4 Å². The molecule has 3 nitrogen and oxygen atoms in total. The Hall–Kier alpha value is -1.58. The molecule has 0 heterocycles. The van der Waals surface area contributed by atoms with E-state index in [1.807, 2.05) is 0 Å². The maximum atomic E-state index is 9.63. The van der Waals surface area contributed by atoms with Crippen LogP contribution in [0.4, 0.5) is 5.69 Å². The van der Waals surface area contributed by atoms with Crippen LogP contribution in [0.2, 0.25) is 10.0 Å². The Morgan fingerprint density at radius 1 is 1.00 bits per heavy atom. The number of nitrogens with one attached hydrogen (secondary N) is 1. The van der Waals surface area contributed by atoms with Crippen molar-refractivity contribution in [2.24, 2.45) is 0 Å². The number of benzene rings is 2. The average molecular weight is 284 g/mol. The van der Waals surface area contributed by atoms with Crippen molar-refractivity contribution in [1.29, 1.82) is 0 Å². The van der Waals surface area contributed by atoms with Crippen LogP contribution < -0.4 is 5.32 Å². The summed E-state index contributed by atoms with van der Waals surface area (Å²) in [7, 11) is 0. The van der Waals surface area contributed by atoms with Crippen LogP contribution in [-0.4, -0.2) is 10.2 Å². The molecule has 0 saturated heterocycles. The molecule has 0 atom stereocenters. The van der Waals surface area contributed by atoms with Crippen LogP contribution in [-0.2, 0) is 6.54 Å². The van der Waals surface area contributed by atoms with E-state index in [1.54, 1.807) is 24.3 Å². The zero-order valence-electron chi connectivity index (χ0n) is 9.32. The molecule has 2 aromatic carbocycles. The summed E-state index contributed by atoms with van der Waals surface area (Å²) in [5.74, 6) is 0.0534. The van der Waals surface area contributed by atoms with Crippen molar-refractivity contribution in [3.8, 4) is 11.5 Å². The summed E-state index contributed by atoms with van der Waals surface area (Å²) in [5.41, 5.74) is 1.35. The fourth-order valence-electron chi connectivity index (χ4n) is 1.53. The molecule has 0 bridgehead atoms. The van der Waals surface area contributed by atoms with Crippen LogP contribution in [0.25, 0.3) is 0 Å². The molecule has 0 amide bonds. The van der Waals surface area contributed by atoms with Gasteiger partial charge in [0.2, 0.25) is 0 Å². The van der Waals surface area contributed by atoms with Gasteiger partial charge in [-0.2, -0.15) is 0 Å². The van der Waals surface area contributed by atoms with E-state index in [1.165, 1.54) is 12.1 Å². The summed E-state index contributed by atoms with van der Waals surface area (Å²) in [5, 5.41) is 23.0. The maximum Gasteiger partial charge on any atom is 0.124 e. The molecule has 94 valence electrons. The third-order valence-electron chi connectivity index (χ3n) is 2.47. The molecule has 2 aromatic rings. The number of phenolic OH excluding ortho intramolecular Hbond substituents is 2. The maximum absolute atomic E-state index is 9.63. The van der Waals surface area contributed by atoms with Crippen LogP contribution in [0, 0.1) is 0 Å². The van der Waals surface area contributed by atoms with Crippen molar-refractivity contribution in [3.63, 3.8) is 0 Å². The highest BCUT2D eigenvalue weighted by molar-refractivity contribution is 6.35. The van der Waals surface area contributed by atoms with Crippen LogP contribution in [0.1, 0.15) is 5.56 Å². The Bertz CT molecular complexity index is 573. The molecule has 0 saturated carbocycles. The van der Waals surface area contributed by atoms with E-state index >= 15 is 0 Å². The molecule has 0 aromatic heterocycles. The Morgan fingerprint density at radius 2 is 1.78 bits per heavy atom. The van der Waals surface area contributed by atoms with Gasteiger partial charge in [-0.1, -0.05) is 23.2 Å². The van der Waals surface area contributed by atoms with Gasteiger partial charge < -0.3 is 15.5 Å². The number of hydrogen-bond acceptors (Lipinski definition) is 3. The van der Waals surface area contributed by atoms with Gasteiger partial charge in [0.1, 0.15) is 11.5 Å². The van der Waals surface area contributed by atoms with Gasteiger partial charge in [-0.25, -0.2) is 0 Å². The first-order valence-corrected chi connectivity index (χ1v) is 6.01. The lowest BCUT2D eigenvalue weighted by Crippen LogP contribution is -2.00.